The predicted octanol–water partition coefficient (Wildman–Crippen LogP) is 1.85. The second-order valence-corrected chi connectivity index (χ2v) is 4.44. The number of halogens is 1. The molecule has 0 radical (unpaired) electrons. The number of likely N-dealkylation sites (N-methyl/N-ethyl adjacent to an activating group) is 1. The monoisotopic (exact) mass is 256 g/mol. The number of aromatic nitrogens is 1. The second-order valence-electron chi connectivity index (χ2n) is 3.52. The van der Waals surface area contributed by atoms with Crippen LogP contribution in [0, 0.1) is 0 Å². The van der Waals surface area contributed by atoms with Crippen molar-refractivity contribution >= 4 is 15.9 Å². The van der Waals surface area contributed by atoms with Gasteiger partial charge in [0.1, 0.15) is 6.10 Å². The number of pyridine rings is 1. The molecule has 1 aromatic rings. The van der Waals surface area contributed by atoms with Crippen LogP contribution in [0.25, 0.3) is 0 Å². The van der Waals surface area contributed by atoms with Crippen LogP contribution in [-0.4, -0.2) is 36.6 Å². The highest BCUT2D eigenvalue weighted by Gasteiger charge is 2.20. The van der Waals surface area contributed by atoms with E-state index in [4.69, 9.17) is 4.74 Å². The van der Waals surface area contributed by atoms with Crippen molar-refractivity contribution in [1.29, 1.82) is 0 Å². The topological polar surface area (TPSA) is 25.4 Å². The van der Waals surface area contributed by atoms with E-state index in [2.05, 4.69) is 32.9 Å². The molecule has 1 atom stereocenters. The van der Waals surface area contributed by atoms with E-state index in [1.54, 1.807) is 0 Å². The van der Waals surface area contributed by atoms with Gasteiger partial charge in [-0.2, -0.15) is 0 Å². The quantitative estimate of drug-likeness (QED) is 0.767. The lowest BCUT2D eigenvalue weighted by molar-refractivity contribution is -0.0231. The average molecular weight is 257 g/mol. The van der Waals surface area contributed by atoms with Crippen LogP contribution >= 0.6 is 15.9 Å². The van der Waals surface area contributed by atoms with Crippen LogP contribution < -0.4 is 0 Å². The summed E-state index contributed by atoms with van der Waals surface area (Å²) in [5.74, 6) is 0. The Labute approximate surface area is 92.2 Å². The first-order valence-electron chi connectivity index (χ1n) is 4.67. The van der Waals surface area contributed by atoms with E-state index in [0.717, 1.165) is 29.9 Å². The van der Waals surface area contributed by atoms with Crippen molar-refractivity contribution in [1.82, 2.24) is 9.88 Å². The van der Waals surface area contributed by atoms with Gasteiger partial charge in [0.25, 0.3) is 0 Å². The van der Waals surface area contributed by atoms with E-state index in [-0.39, 0.29) is 6.10 Å². The Bertz CT molecular complexity index is 301. The molecule has 1 saturated heterocycles. The first-order chi connectivity index (χ1) is 6.75. The van der Waals surface area contributed by atoms with Gasteiger partial charge in [0.15, 0.2) is 0 Å². The highest BCUT2D eigenvalue weighted by Crippen LogP contribution is 2.20. The minimum absolute atomic E-state index is 0.127. The molecule has 0 spiro atoms. The summed E-state index contributed by atoms with van der Waals surface area (Å²) in [6, 6.07) is 4.01. The van der Waals surface area contributed by atoms with E-state index < -0.39 is 0 Å². The van der Waals surface area contributed by atoms with Crippen molar-refractivity contribution in [2.75, 3.05) is 26.7 Å². The Kier molecular flexibility index (Phi) is 3.15. The molecule has 2 rings (SSSR count). The van der Waals surface area contributed by atoms with Gasteiger partial charge in [-0.3, -0.25) is 4.98 Å². The van der Waals surface area contributed by atoms with E-state index >= 15 is 0 Å². The number of nitrogens with zero attached hydrogens (tertiary/aromatic N) is 2. The molecule has 2 heterocycles. The molecule has 1 aliphatic heterocycles. The average Bonchev–Trinajstić information content (AvgIpc) is 2.19. The Balaban J connectivity index is 2.10. The van der Waals surface area contributed by atoms with Gasteiger partial charge in [0.2, 0.25) is 0 Å². The Hall–Kier alpha value is -0.450. The number of hydrogen-bond acceptors (Lipinski definition) is 3. The maximum Gasteiger partial charge on any atom is 0.112 e. The summed E-state index contributed by atoms with van der Waals surface area (Å²) >= 11 is 3.37. The molecule has 1 unspecified atom stereocenters. The van der Waals surface area contributed by atoms with E-state index in [9.17, 15) is 0 Å². The summed E-state index contributed by atoms with van der Waals surface area (Å²) in [5, 5.41) is 0. The van der Waals surface area contributed by atoms with Crippen LogP contribution in [0.2, 0.25) is 0 Å². The largest absolute Gasteiger partial charge is 0.369 e. The summed E-state index contributed by atoms with van der Waals surface area (Å²) in [6.07, 6.45) is 1.94. The lowest BCUT2D eigenvalue weighted by atomic mass is 10.2. The molecular formula is C10H13BrN2O. The van der Waals surface area contributed by atoms with E-state index in [0.29, 0.717) is 0 Å². The molecule has 0 amide bonds. The highest BCUT2D eigenvalue weighted by molar-refractivity contribution is 9.10. The Morgan fingerprint density at radius 1 is 1.57 bits per heavy atom. The van der Waals surface area contributed by atoms with Crippen molar-refractivity contribution in [3.05, 3.63) is 28.5 Å². The zero-order chi connectivity index (χ0) is 9.97. The third-order valence-corrected chi connectivity index (χ3v) is 2.82. The van der Waals surface area contributed by atoms with Crippen LogP contribution in [0.1, 0.15) is 11.8 Å². The predicted molar refractivity (Wildman–Crippen MR) is 58.1 cm³/mol. The first-order valence-corrected chi connectivity index (χ1v) is 5.46. The summed E-state index contributed by atoms with van der Waals surface area (Å²) in [4.78, 5) is 6.60. The van der Waals surface area contributed by atoms with Crippen molar-refractivity contribution < 1.29 is 4.74 Å². The zero-order valence-electron chi connectivity index (χ0n) is 8.11. The second kappa shape index (κ2) is 4.38. The van der Waals surface area contributed by atoms with Crippen molar-refractivity contribution in [3.8, 4) is 0 Å². The maximum absolute atomic E-state index is 5.65. The van der Waals surface area contributed by atoms with E-state index in [1.807, 2.05) is 18.3 Å². The molecule has 0 aromatic carbocycles. The minimum atomic E-state index is 0.127. The van der Waals surface area contributed by atoms with Crippen molar-refractivity contribution in [3.63, 3.8) is 0 Å². The van der Waals surface area contributed by atoms with Gasteiger partial charge in [0, 0.05) is 23.8 Å². The van der Waals surface area contributed by atoms with Gasteiger partial charge in [-0.25, -0.2) is 0 Å². The molecule has 3 nitrogen and oxygen atoms in total. The number of hydrogen-bond donors (Lipinski definition) is 0. The summed E-state index contributed by atoms with van der Waals surface area (Å²) < 4.78 is 6.66. The van der Waals surface area contributed by atoms with E-state index in [1.165, 1.54) is 0 Å². The van der Waals surface area contributed by atoms with Gasteiger partial charge in [-0.15, -0.1) is 0 Å². The summed E-state index contributed by atoms with van der Waals surface area (Å²) in [7, 11) is 2.11. The Morgan fingerprint density at radius 3 is 3.07 bits per heavy atom. The number of morpholine rings is 1. The van der Waals surface area contributed by atoms with Crippen LogP contribution in [0.3, 0.4) is 0 Å². The fourth-order valence-electron chi connectivity index (χ4n) is 1.53. The molecule has 14 heavy (non-hydrogen) atoms. The zero-order valence-corrected chi connectivity index (χ0v) is 9.70. The van der Waals surface area contributed by atoms with Crippen molar-refractivity contribution in [2.45, 2.75) is 6.10 Å². The third kappa shape index (κ3) is 2.32. The van der Waals surface area contributed by atoms with Gasteiger partial charge in [0.05, 0.1) is 12.3 Å². The molecular weight excluding hydrogens is 244 g/mol. The fourth-order valence-corrected chi connectivity index (χ4v) is 1.77. The molecule has 1 fully saturated rings. The standard InChI is InChI=1S/C10H13BrN2O/c1-13-4-5-14-10(7-13)9-3-2-8(11)6-12-9/h2-3,6,10H,4-5,7H2,1H3. The van der Waals surface area contributed by atoms with Crippen LogP contribution in [0.15, 0.2) is 22.8 Å². The van der Waals surface area contributed by atoms with Gasteiger partial charge in [-0.05, 0) is 35.1 Å². The number of ether oxygens (including phenoxy) is 1. The molecule has 76 valence electrons. The normalized spacial score (nSPS) is 23.7. The van der Waals surface area contributed by atoms with Gasteiger partial charge in [-0.1, -0.05) is 0 Å². The Morgan fingerprint density at radius 2 is 2.43 bits per heavy atom. The van der Waals surface area contributed by atoms with Crippen LogP contribution in [0.5, 0.6) is 0 Å². The molecule has 4 heteroatoms. The minimum Gasteiger partial charge on any atom is -0.369 e. The summed E-state index contributed by atoms with van der Waals surface area (Å²) in [6.45, 7) is 2.72. The molecule has 0 saturated carbocycles. The summed E-state index contributed by atoms with van der Waals surface area (Å²) in [5.41, 5.74) is 1.01. The first kappa shape index (κ1) is 10.1. The maximum atomic E-state index is 5.65. The third-order valence-electron chi connectivity index (χ3n) is 2.35. The lowest BCUT2D eigenvalue weighted by Gasteiger charge is -2.29. The van der Waals surface area contributed by atoms with Crippen LogP contribution in [-0.2, 0) is 4.74 Å². The number of rotatable bonds is 1. The molecule has 0 bridgehead atoms. The highest BCUT2D eigenvalue weighted by atomic mass is 79.9. The molecule has 0 N–H and O–H groups in total. The van der Waals surface area contributed by atoms with Crippen LogP contribution in [0.4, 0.5) is 0 Å². The lowest BCUT2D eigenvalue weighted by Crippen LogP contribution is -2.35. The van der Waals surface area contributed by atoms with Crippen molar-refractivity contribution in [2.24, 2.45) is 0 Å². The molecule has 1 aromatic heterocycles. The smallest absolute Gasteiger partial charge is 0.112 e. The van der Waals surface area contributed by atoms with Gasteiger partial charge < -0.3 is 9.64 Å². The molecule has 0 aliphatic carbocycles. The molecule has 1 aliphatic rings. The fraction of sp³-hybridized carbons (Fsp3) is 0.500. The SMILES string of the molecule is CN1CCOC(c2ccc(Br)cn2)C1. The van der Waals surface area contributed by atoms with Gasteiger partial charge >= 0.3 is 0 Å².